The molecule has 0 radical (unpaired) electrons. The van der Waals surface area contributed by atoms with Crippen molar-refractivity contribution in [3.05, 3.63) is 35.4 Å². The average molecular weight is 295 g/mol. The van der Waals surface area contributed by atoms with Crippen LogP contribution in [0.2, 0.25) is 0 Å². The van der Waals surface area contributed by atoms with Gasteiger partial charge in [-0.2, -0.15) is 13.2 Å². The first-order valence-electron chi connectivity index (χ1n) is 5.28. The van der Waals surface area contributed by atoms with E-state index < -0.39 is 36.0 Å². The van der Waals surface area contributed by atoms with Gasteiger partial charge in [-0.25, -0.2) is 13.6 Å². The van der Waals surface area contributed by atoms with E-state index in [2.05, 4.69) is 0 Å². The van der Waals surface area contributed by atoms with Crippen molar-refractivity contribution in [2.24, 2.45) is 0 Å². The molecule has 0 saturated heterocycles. The van der Waals surface area contributed by atoms with Crippen molar-refractivity contribution >= 4 is 17.7 Å². The van der Waals surface area contributed by atoms with E-state index in [0.29, 0.717) is 11.0 Å². The SMILES string of the molecule is CN(CC(F)(F)F)c1c(F)cc(C=CC(=O)O)cc1F. The van der Waals surface area contributed by atoms with Gasteiger partial charge in [0, 0.05) is 13.1 Å². The first kappa shape index (κ1) is 15.9. The van der Waals surface area contributed by atoms with Crippen molar-refractivity contribution in [2.75, 3.05) is 18.5 Å². The molecule has 0 bridgehead atoms. The van der Waals surface area contributed by atoms with Crippen molar-refractivity contribution < 1.29 is 31.9 Å². The summed E-state index contributed by atoms with van der Waals surface area (Å²) in [6, 6.07) is 1.51. The number of carboxylic acids is 1. The summed E-state index contributed by atoms with van der Waals surface area (Å²) in [6.45, 7) is -1.51. The molecular weight excluding hydrogens is 285 g/mol. The molecule has 0 aliphatic rings. The molecule has 1 rings (SSSR count). The molecule has 0 spiro atoms. The van der Waals surface area contributed by atoms with Crippen LogP contribution in [0.5, 0.6) is 0 Å². The summed E-state index contributed by atoms with van der Waals surface area (Å²) in [6.07, 6.45) is -3.01. The van der Waals surface area contributed by atoms with Gasteiger partial charge in [-0.1, -0.05) is 0 Å². The van der Waals surface area contributed by atoms with Crippen LogP contribution in [0.4, 0.5) is 27.6 Å². The van der Waals surface area contributed by atoms with E-state index in [1.165, 1.54) is 0 Å². The van der Waals surface area contributed by atoms with Crippen LogP contribution in [-0.4, -0.2) is 30.8 Å². The molecule has 8 heteroatoms. The summed E-state index contributed by atoms with van der Waals surface area (Å²) in [5, 5.41) is 8.38. The second-order valence-corrected chi connectivity index (χ2v) is 3.98. The first-order chi connectivity index (χ1) is 9.10. The fourth-order valence-corrected chi connectivity index (χ4v) is 1.56. The standard InChI is InChI=1S/C12H10F5NO2/c1-18(6-12(15,16)17)11-8(13)4-7(5-9(11)14)2-3-10(19)20/h2-5H,6H2,1H3,(H,19,20). The van der Waals surface area contributed by atoms with Crippen LogP contribution in [0.3, 0.4) is 0 Å². The molecule has 20 heavy (non-hydrogen) atoms. The van der Waals surface area contributed by atoms with Gasteiger partial charge in [0.2, 0.25) is 0 Å². The number of rotatable bonds is 4. The molecule has 0 aliphatic carbocycles. The lowest BCUT2D eigenvalue weighted by molar-refractivity contribution is -0.131. The number of anilines is 1. The van der Waals surface area contributed by atoms with Gasteiger partial charge < -0.3 is 10.0 Å². The lowest BCUT2D eigenvalue weighted by atomic mass is 10.1. The predicted octanol–water partition coefficient (Wildman–Crippen LogP) is 3.06. The molecule has 0 aromatic heterocycles. The highest BCUT2D eigenvalue weighted by molar-refractivity contribution is 5.85. The molecule has 1 N–H and O–H groups in total. The Balaban J connectivity index is 3.09. The highest BCUT2D eigenvalue weighted by atomic mass is 19.4. The maximum absolute atomic E-state index is 13.6. The van der Waals surface area contributed by atoms with Gasteiger partial charge in [0.05, 0.1) is 0 Å². The highest BCUT2D eigenvalue weighted by Gasteiger charge is 2.31. The number of hydrogen-bond acceptors (Lipinski definition) is 2. The summed E-state index contributed by atoms with van der Waals surface area (Å²) in [4.78, 5) is 10.7. The Labute approximate surface area is 110 Å². The molecule has 0 amide bonds. The molecule has 0 atom stereocenters. The molecule has 0 fully saturated rings. The van der Waals surface area contributed by atoms with E-state index in [0.717, 1.165) is 25.3 Å². The second kappa shape index (κ2) is 5.89. The lowest BCUT2D eigenvalue weighted by Crippen LogP contribution is -2.32. The Kier molecular flexibility index (Phi) is 4.69. The van der Waals surface area contributed by atoms with E-state index in [4.69, 9.17) is 5.11 Å². The van der Waals surface area contributed by atoms with E-state index in [1.54, 1.807) is 0 Å². The van der Waals surface area contributed by atoms with Gasteiger partial charge >= 0.3 is 12.1 Å². The fraction of sp³-hybridized carbons (Fsp3) is 0.250. The van der Waals surface area contributed by atoms with Gasteiger partial charge in [0.25, 0.3) is 0 Å². The number of halogens is 5. The normalized spacial score (nSPS) is 11.9. The molecule has 0 unspecified atom stereocenters. The van der Waals surface area contributed by atoms with Gasteiger partial charge in [0.1, 0.15) is 23.9 Å². The van der Waals surface area contributed by atoms with Crippen LogP contribution >= 0.6 is 0 Å². The molecule has 110 valence electrons. The van der Waals surface area contributed by atoms with Crippen molar-refractivity contribution in [2.45, 2.75) is 6.18 Å². The summed E-state index contributed by atoms with van der Waals surface area (Å²) >= 11 is 0. The predicted molar refractivity (Wildman–Crippen MR) is 62.4 cm³/mol. The number of hydrogen-bond donors (Lipinski definition) is 1. The van der Waals surface area contributed by atoms with Crippen molar-refractivity contribution in [3.8, 4) is 0 Å². The molecule has 0 saturated carbocycles. The third-order valence-corrected chi connectivity index (χ3v) is 2.26. The minimum atomic E-state index is -4.60. The zero-order valence-electron chi connectivity index (χ0n) is 10.2. The van der Waals surface area contributed by atoms with Crippen LogP contribution in [0.25, 0.3) is 6.08 Å². The third kappa shape index (κ3) is 4.52. The van der Waals surface area contributed by atoms with Crippen molar-refractivity contribution in [3.63, 3.8) is 0 Å². The maximum Gasteiger partial charge on any atom is 0.405 e. The third-order valence-electron chi connectivity index (χ3n) is 2.26. The van der Waals surface area contributed by atoms with Gasteiger partial charge in [-0.15, -0.1) is 0 Å². The maximum atomic E-state index is 13.6. The number of carboxylic acid groups (broad SMARTS) is 1. The molecule has 1 aromatic rings. The smallest absolute Gasteiger partial charge is 0.405 e. The quantitative estimate of drug-likeness (QED) is 0.685. The number of nitrogens with zero attached hydrogens (tertiary/aromatic N) is 1. The number of carbonyl (C=O) groups is 1. The minimum absolute atomic E-state index is 0.105. The Morgan fingerprint density at radius 2 is 1.80 bits per heavy atom. The summed E-state index contributed by atoms with van der Waals surface area (Å²) in [5.41, 5.74) is -0.929. The number of benzene rings is 1. The number of aliphatic carboxylic acids is 1. The Hall–Kier alpha value is -2.12. The first-order valence-corrected chi connectivity index (χ1v) is 5.28. The highest BCUT2D eigenvalue weighted by Crippen LogP contribution is 2.27. The van der Waals surface area contributed by atoms with Gasteiger partial charge in [-0.3, -0.25) is 0 Å². The zero-order chi connectivity index (χ0) is 15.5. The summed E-state index contributed by atoms with van der Waals surface area (Å²) < 4.78 is 63.8. The Morgan fingerprint density at radius 3 is 2.20 bits per heavy atom. The van der Waals surface area contributed by atoms with Gasteiger partial charge in [-0.05, 0) is 23.8 Å². The minimum Gasteiger partial charge on any atom is -0.478 e. The van der Waals surface area contributed by atoms with Crippen LogP contribution in [0.15, 0.2) is 18.2 Å². The van der Waals surface area contributed by atoms with Crippen LogP contribution in [0, 0.1) is 11.6 Å². The van der Waals surface area contributed by atoms with E-state index in [-0.39, 0.29) is 5.56 Å². The summed E-state index contributed by atoms with van der Waals surface area (Å²) in [7, 11) is 0.905. The second-order valence-electron chi connectivity index (χ2n) is 3.98. The van der Waals surface area contributed by atoms with Crippen molar-refractivity contribution in [1.29, 1.82) is 0 Å². The van der Waals surface area contributed by atoms with Crippen LogP contribution in [-0.2, 0) is 4.79 Å². The monoisotopic (exact) mass is 295 g/mol. The largest absolute Gasteiger partial charge is 0.478 e. The van der Waals surface area contributed by atoms with E-state index >= 15 is 0 Å². The van der Waals surface area contributed by atoms with E-state index in [9.17, 15) is 26.7 Å². The lowest BCUT2D eigenvalue weighted by Gasteiger charge is -2.22. The zero-order valence-corrected chi connectivity index (χ0v) is 10.2. The Morgan fingerprint density at radius 1 is 1.30 bits per heavy atom. The van der Waals surface area contributed by atoms with Crippen LogP contribution < -0.4 is 4.90 Å². The van der Waals surface area contributed by atoms with Crippen molar-refractivity contribution in [1.82, 2.24) is 0 Å². The topological polar surface area (TPSA) is 40.5 Å². The molecule has 0 heterocycles. The van der Waals surface area contributed by atoms with E-state index in [1.807, 2.05) is 0 Å². The molecule has 0 aliphatic heterocycles. The molecule has 1 aromatic carbocycles. The molecular formula is C12H10F5NO2. The number of alkyl halides is 3. The van der Waals surface area contributed by atoms with Gasteiger partial charge in [0.15, 0.2) is 0 Å². The van der Waals surface area contributed by atoms with Crippen LogP contribution in [0.1, 0.15) is 5.56 Å². The fourth-order valence-electron chi connectivity index (χ4n) is 1.56. The summed E-state index contributed by atoms with van der Waals surface area (Å²) in [5.74, 6) is -3.73. The molecule has 3 nitrogen and oxygen atoms in total. The Bertz CT molecular complexity index is 516. The average Bonchev–Trinajstić information content (AvgIpc) is 2.22.